The quantitative estimate of drug-likeness (QED) is 0.764. The van der Waals surface area contributed by atoms with Crippen LogP contribution in [0.4, 0.5) is 0 Å². The Morgan fingerprint density at radius 3 is 2.64 bits per heavy atom. The zero-order valence-corrected chi connectivity index (χ0v) is 13.8. The van der Waals surface area contributed by atoms with Crippen LogP contribution in [0, 0.1) is 5.41 Å². The summed E-state index contributed by atoms with van der Waals surface area (Å²) in [5, 5.41) is 9.72. The number of carbonyl (C=O) groups is 2. The summed E-state index contributed by atoms with van der Waals surface area (Å²) in [5.41, 5.74) is 0.505. The molecule has 0 aromatic heterocycles. The van der Waals surface area contributed by atoms with Crippen LogP contribution in [-0.2, 0) is 9.59 Å². The van der Waals surface area contributed by atoms with E-state index in [1.165, 1.54) is 5.57 Å². The van der Waals surface area contributed by atoms with E-state index < -0.39 is 11.4 Å². The second kappa shape index (κ2) is 7.27. The van der Waals surface area contributed by atoms with Gasteiger partial charge in [-0.25, -0.2) is 0 Å². The van der Waals surface area contributed by atoms with Crippen LogP contribution in [0.5, 0.6) is 0 Å². The molecule has 2 heterocycles. The normalized spacial score (nSPS) is 26.3. The Hall–Kier alpha value is -1.36. The summed E-state index contributed by atoms with van der Waals surface area (Å²) < 4.78 is 0. The number of allylic oxidation sites excluding steroid dienone is 2. The van der Waals surface area contributed by atoms with E-state index in [1.807, 2.05) is 24.8 Å². The first-order valence-electron chi connectivity index (χ1n) is 8.30. The highest BCUT2D eigenvalue weighted by atomic mass is 16.4. The Balaban J connectivity index is 1.94. The van der Waals surface area contributed by atoms with Crippen molar-refractivity contribution < 1.29 is 14.7 Å². The van der Waals surface area contributed by atoms with Crippen LogP contribution >= 0.6 is 0 Å². The summed E-state index contributed by atoms with van der Waals surface area (Å²) in [6.07, 6.45) is 5.92. The van der Waals surface area contributed by atoms with E-state index in [-0.39, 0.29) is 5.91 Å². The van der Waals surface area contributed by atoms with E-state index in [4.69, 9.17) is 0 Å². The fraction of sp³-hybridized carbons (Fsp3) is 0.765. The van der Waals surface area contributed by atoms with Crippen LogP contribution in [0.1, 0.15) is 46.0 Å². The third-order valence-electron chi connectivity index (χ3n) is 4.87. The summed E-state index contributed by atoms with van der Waals surface area (Å²) in [6.45, 7) is 7.92. The lowest BCUT2D eigenvalue weighted by atomic mass is 9.76. The minimum Gasteiger partial charge on any atom is -0.481 e. The van der Waals surface area contributed by atoms with Gasteiger partial charge in [0.1, 0.15) is 0 Å². The maximum Gasteiger partial charge on any atom is 0.311 e. The van der Waals surface area contributed by atoms with Gasteiger partial charge in [-0.1, -0.05) is 11.6 Å². The van der Waals surface area contributed by atoms with Crippen molar-refractivity contribution in [1.82, 2.24) is 9.80 Å². The molecule has 0 aromatic carbocycles. The van der Waals surface area contributed by atoms with Gasteiger partial charge in [0, 0.05) is 32.6 Å². The van der Waals surface area contributed by atoms with Crippen molar-refractivity contribution in [2.75, 3.05) is 32.7 Å². The molecule has 1 N–H and O–H groups in total. The SMILES string of the molecule is CC(C)=CCC1(C(=O)O)CCCN(CCN2CCCC2=O)C1. The van der Waals surface area contributed by atoms with Gasteiger partial charge >= 0.3 is 5.97 Å². The predicted molar refractivity (Wildman–Crippen MR) is 85.6 cm³/mol. The van der Waals surface area contributed by atoms with Gasteiger partial charge in [0.15, 0.2) is 0 Å². The molecule has 0 saturated carbocycles. The number of likely N-dealkylation sites (tertiary alicyclic amines) is 2. The predicted octanol–water partition coefficient (Wildman–Crippen LogP) is 2.13. The zero-order chi connectivity index (χ0) is 16.2. The average Bonchev–Trinajstić information content (AvgIpc) is 2.88. The smallest absolute Gasteiger partial charge is 0.311 e. The first-order valence-corrected chi connectivity index (χ1v) is 8.30. The minimum atomic E-state index is -0.688. The molecule has 1 atom stereocenters. The number of rotatable bonds is 6. The van der Waals surface area contributed by atoms with Gasteiger partial charge in [-0.3, -0.25) is 9.59 Å². The molecule has 0 aliphatic carbocycles. The molecule has 2 rings (SSSR count). The van der Waals surface area contributed by atoms with Crippen molar-refractivity contribution in [3.8, 4) is 0 Å². The topological polar surface area (TPSA) is 60.9 Å². The van der Waals surface area contributed by atoms with E-state index >= 15 is 0 Å². The molecule has 2 aliphatic heterocycles. The van der Waals surface area contributed by atoms with Crippen LogP contribution in [-0.4, -0.2) is 59.5 Å². The molecule has 124 valence electrons. The molecular formula is C17H28N2O3. The second-order valence-electron chi connectivity index (χ2n) is 6.94. The second-order valence-corrected chi connectivity index (χ2v) is 6.94. The largest absolute Gasteiger partial charge is 0.481 e. The van der Waals surface area contributed by atoms with Gasteiger partial charge in [-0.05, 0) is 46.1 Å². The minimum absolute atomic E-state index is 0.242. The third kappa shape index (κ3) is 4.09. The van der Waals surface area contributed by atoms with E-state index in [2.05, 4.69) is 4.90 Å². The van der Waals surface area contributed by atoms with E-state index in [9.17, 15) is 14.7 Å². The van der Waals surface area contributed by atoms with Crippen LogP contribution in [0.3, 0.4) is 0 Å². The highest BCUT2D eigenvalue weighted by molar-refractivity contribution is 5.78. The molecule has 0 bridgehead atoms. The molecule has 5 heteroatoms. The molecular weight excluding hydrogens is 280 g/mol. The van der Waals surface area contributed by atoms with E-state index in [1.54, 1.807) is 0 Å². The molecule has 2 aliphatic rings. The Morgan fingerprint density at radius 1 is 1.27 bits per heavy atom. The number of aliphatic carboxylic acids is 1. The lowest BCUT2D eigenvalue weighted by Crippen LogP contribution is -2.49. The Bertz CT molecular complexity index is 457. The molecule has 5 nitrogen and oxygen atoms in total. The van der Waals surface area contributed by atoms with Crippen molar-refractivity contribution >= 4 is 11.9 Å². The van der Waals surface area contributed by atoms with Crippen molar-refractivity contribution in [2.45, 2.75) is 46.0 Å². The summed E-state index contributed by atoms with van der Waals surface area (Å²) >= 11 is 0. The van der Waals surface area contributed by atoms with Crippen molar-refractivity contribution in [1.29, 1.82) is 0 Å². The summed E-state index contributed by atoms with van der Waals surface area (Å²) in [6, 6.07) is 0. The fourth-order valence-electron chi connectivity index (χ4n) is 3.45. The number of nitrogens with zero attached hydrogens (tertiary/aromatic N) is 2. The molecule has 22 heavy (non-hydrogen) atoms. The number of carboxylic acid groups (broad SMARTS) is 1. The standard InChI is InChI=1S/C17H28N2O3/c1-14(2)6-8-17(16(21)22)7-4-9-18(13-17)11-12-19-10-3-5-15(19)20/h6H,3-5,7-13H2,1-2H3,(H,21,22). The molecule has 2 fully saturated rings. The molecule has 1 unspecified atom stereocenters. The first kappa shape index (κ1) is 17.0. The monoisotopic (exact) mass is 308 g/mol. The summed E-state index contributed by atoms with van der Waals surface area (Å²) in [4.78, 5) is 27.6. The van der Waals surface area contributed by atoms with E-state index in [0.29, 0.717) is 19.4 Å². The highest BCUT2D eigenvalue weighted by Gasteiger charge is 2.41. The fourth-order valence-corrected chi connectivity index (χ4v) is 3.45. The van der Waals surface area contributed by atoms with Crippen LogP contribution in [0.15, 0.2) is 11.6 Å². The average molecular weight is 308 g/mol. The number of hydrogen-bond acceptors (Lipinski definition) is 3. The molecule has 0 radical (unpaired) electrons. The van der Waals surface area contributed by atoms with Crippen molar-refractivity contribution in [3.63, 3.8) is 0 Å². The molecule has 0 spiro atoms. The summed E-state index contributed by atoms with van der Waals surface area (Å²) in [7, 11) is 0. The molecule has 2 saturated heterocycles. The number of carboxylic acids is 1. The number of piperidine rings is 1. The third-order valence-corrected chi connectivity index (χ3v) is 4.87. The Kier molecular flexibility index (Phi) is 5.62. The number of carbonyl (C=O) groups excluding carboxylic acids is 1. The first-order chi connectivity index (χ1) is 10.4. The zero-order valence-electron chi connectivity index (χ0n) is 13.8. The Morgan fingerprint density at radius 2 is 2.05 bits per heavy atom. The van der Waals surface area contributed by atoms with Gasteiger partial charge in [0.2, 0.25) is 5.91 Å². The van der Waals surface area contributed by atoms with Crippen molar-refractivity contribution in [2.24, 2.45) is 5.41 Å². The van der Waals surface area contributed by atoms with Crippen LogP contribution < -0.4 is 0 Å². The van der Waals surface area contributed by atoms with Gasteiger partial charge in [-0.2, -0.15) is 0 Å². The van der Waals surface area contributed by atoms with Gasteiger partial charge in [0.05, 0.1) is 5.41 Å². The lowest BCUT2D eigenvalue weighted by molar-refractivity contribution is -0.152. The van der Waals surface area contributed by atoms with Crippen LogP contribution in [0.2, 0.25) is 0 Å². The summed E-state index contributed by atoms with van der Waals surface area (Å²) in [5.74, 6) is -0.446. The maximum absolute atomic E-state index is 11.8. The van der Waals surface area contributed by atoms with Gasteiger partial charge in [-0.15, -0.1) is 0 Å². The molecule has 1 amide bonds. The van der Waals surface area contributed by atoms with Gasteiger partial charge in [0.25, 0.3) is 0 Å². The number of hydrogen-bond donors (Lipinski definition) is 1. The lowest BCUT2D eigenvalue weighted by Gasteiger charge is -2.40. The van der Waals surface area contributed by atoms with E-state index in [0.717, 1.165) is 45.4 Å². The maximum atomic E-state index is 11.8. The Labute approximate surface area is 133 Å². The highest BCUT2D eigenvalue weighted by Crippen LogP contribution is 2.34. The number of amides is 1. The van der Waals surface area contributed by atoms with Crippen molar-refractivity contribution in [3.05, 3.63) is 11.6 Å². The van der Waals surface area contributed by atoms with Gasteiger partial charge < -0.3 is 14.9 Å². The van der Waals surface area contributed by atoms with Crippen LogP contribution in [0.25, 0.3) is 0 Å². The molecule has 0 aromatic rings.